The first-order valence-corrected chi connectivity index (χ1v) is 5.65. The molecule has 0 radical (unpaired) electrons. The van der Waals surface area contributed by atoms with E-state index in [4.69, 9.17) is 5.73 Å². The van der Waals surface area contributed by atoms with Crippen molar-refractivity contribution in [2.24, 2.45) is 0 Å². The zero-order valence-corrected chi connectivity index (χ0v) is 8.89. The average Bonchev–Trinajstić information content (AvgIpc) is 2.43. The van der Waals surface area contributed by atoms with Gasteiger partial charge >= 0.3 is 0 Å². The highest BCUT2D eigenvalue weighted by Gasteiger charge is 2.21. The number of rotatable bonds is 1. The molecular weight excluding hydrogens is 188 g/mol. The van der Waals surface area contributed by atoms with Crippen LogP contribution in [0, 0.1) is 0 Å². The topological polar surface area (TPSA) is 59.1 Å². The van der Waals surface area contributed by atoms with E-state index in [0.717, 1.165) is 36.9 Å². The predicted molar refractivity (Wildman–Crippen MR) is 60.5 cm³/mol. The fourth-order valence-electron chi connectivity index (χ4n) is 2.38. The molecule has 82 valence electrons. The molecule has 3 N–H and O–H groups in total. The highest BCUT2D eigenvalue weighted by Crippen LogP contribution is 2.33. The van der Waals surface area contributed by atoms with Gasteiger partial charge in [0, 0.05) is 18.1 Å². The number of nitrogens with zero attached hydrogens (tertiary/aromatic N) is 1. The van der Waals surface area contributed by atoms with Crippen LogP contribution >= 0.6 is 0 Å². The van der Waals surface area contributed by atoms with E-state index in [0.29, 0.717) is 5.92 Å². The SMILES string of the molecule is Nc1ccncc1C1CCCCC(O)C1. The summed E-state index contributed by atoms with van der Waals surface area (Å²) in [6.07, 6.45) is 8.56. The molecular formula is C12H18N2O. The third kappa shape index (κ3) is 2.48. The Balaban J connectivity index is 2.18. The Kier molecular flexibility index (Phi) is 3.21. The van der Waals surface area contributed by atoms with E-state index in [1.54, 1.807) is 6.20 Å². The summed E-state index contributed by atoms with van der Waals surface area (Å²) in [6, 6.07) is 1.84. The summed E-state index contributed by atoms with van der Waals surface area (Å²) >= 11 is 0. The Hall–Kier alpha value is -1.09. The molecule has 3 nitrogen and oxygen atoms in total. The molecule has 1 heterocycles. The number of aliphatic hydroxyl groups excluding tert-OH is 1. The minimum atomic E-state index is -0.169. The monoisotopic (exact) mass is 206 g/mol. The molecule has 0 bridgehead atoms. The van der Waals surface area contributed by atoms with Crippen LogP contribution in [0.3, 0.4) is 0 Å². The van der Waals surface area contributed by atoms with Crippen molar-refractivity contribution < 1.29 is 5.11 Å². The fourth-order valence-corrected chi connectivity index (χ4v) is 2.38. The van der Waals surface area contributed by atoms with Gasteiger partial charge in [0.05, 0.1) is 6.10 Å². The number of nitrogen functional groups attached to an aromatic ring is 1. The van der Waals surface area contributed by atoms with Crippen molar-refractivity contribution >= 4 is 5.69 Å². The highest BCUT2D eigenvalue weighted by molar-refractivity contribution is 5.46. The van der Waals surface area contributed by atoms with Gasteiger partial charge in [-0.1, -0.05) is 12.8 Å². The van der Waals surface area contributed by atoms with Gasteiger partial charge in [-0.2, -0.15) is 0 Å². The molecule has 1 aliphatic rings. The van der Waals surface area contributed by atoms with Crippen LogP contribution in [-0.2, 0) is 0 Å². The third-order valence-electron chi connectivity index (χ3n) is 3.22. The van der Waals surface area contributed by atoms with Crippen LogP contribution in [0.5, 0.6) is 0 Å². The summed E-state index contributed by atoms with van der Waals surface area (Å²) in [7, 11) is 0. The normalized spacial score (nSPS) is 27.3. The molecule has 0 spiro atoms. The molecule has 0 saturated heterocycles. The maximum absolute atomic E-state index is 9.75. The van der Waals surface area contributed by atoms with Gasteiger partial charge in [-0.05, 0) is 36.8 Å². The molecule has 2 rings (SSSR count). The van der Waals surface area contributed by atoms with Gasteiger partial charge < -0.3 is 10.8 Å². The molecule has 0 aliphatic heterocycles. The lowest BCUT2D eigenvalue weighted by atomic mass is 9.91. The molecule has 1 aliphatic carbocycles. The molecule has 1 aromatic rings. The van der Waals surface area contributed by atoms with Crippen LogP contribution in [0.4, 0.5) is 5.69 Å². The zero-order valence-electron chi connectivity index (χ0n) is 8.89. The van der Waals surface area contributed by atoms with E-state index in [1.807, 2.05) is 12.3 Å². The number of hydrogen-bond donors (Lipinski definition) is 2. The molecule has 0 amide bonds. The Labute approximate surface area is 90.3 Å². The summed E-state index contributed by atoms with van der Waals surface area (Å²) in [6.45, 7) is 0. The smallest absolute Gasteiger partial charge is 0.0546 e. The first-order valence-electron chi connectivity index (χ1n) is 5.65. The van der Waals surface area contributed by atoms with Gasteiger partial charge in [-0.3, -0.25) is 4.98 Å². The van der Waals surface area contributed by atoms with Crippen LogP contribution in [0.1, 0.15) is 43.6 Å². The van der Waals surface area contributed by atoms with Crippen molar-refractivity contribution in [2.45, 2.75) is 44.1 Å². The summed E-state index contributed by atoms with van der Waals surface area (Å²) in [5, 5.41) is 9.75. The van der Waals surface area contributed by atoms with Crippen molar-refractivity contribution in [1.29, 1.82) is 0 Å². The highest BCUT2D eigenvalue weighted by atomic mass is 16.3. The zero-order chi connectivity index (χ0) is 10.7. The minimum absolute atomic E-state index is 0.169. The van der Waals surface area contributed by atoms with Gasteiger partial charge in [0.25, 0.3) is 0 Å². The van der Waals surface area contributed by atoms with E-state index in [1.165, 1.54) is 6.42 Å². The molecule has 2 unspecified atom stereocenters. The predicted octanol–water partition coefficient (Wildman–Crippen LogP) is 2.07. The second-order valence-corrected chi connectivity index (χ2v) is 4.38. The molecule has 3 heteroatoms. The first kappa shape index (κ1) is 10.4. The first-order chi connectivity index (χ1) is 7.27. The van der Waals surface area contributed by atoms with Crippen molar-refractivity contribution in [2.75, 3.05) is 5.73 Å². The average molecular weight is 206 g/mol. The van der Waals surface area contributed by atoms with E-state index in [2.05, 4.69) is 4.98 Å². The second-order valence-electron chi connectivity index (χ2n) is 4.38. The van der Waals surface area contributed by atoms with Crippen LogP contribution in [-0.4, -0.2) is 16.2 Å². The Morgan fingerprint density at radius 1 is 1.33 bits per heavy atom. The minimum Gasteiger partial charge on any atom is -0.398 e. The number of pyridine rings is 1. The lowest BCUT2D eigenvalue weighted by Crippen LogP contribution is -2.10. The van der Waals surface area contributed by atoms with E-state index in [-0.39, 0.29) is 6.10 Å². The summed E-state index contributed by atoms with van der Waals surface area (Å²) in [5.41, 5.74) is 7.85. The Morgan fingerprint density at radius 2 is 2.13 bits per heavy atom. The fraction of sp³-hybridized carbons (Fsp3) is 0.583. The third-order valence-corrected chi connectivity index (χ3v) is 3.22. The van der Waals surface area contributed by atoms with E-state index >= 15 is 0 Å². The maximum Gasteiger partial charge on any atom is 0.0546 e. The number of aromatic nitrogens is 1. The van der Waals surface area contributed by atoms with Crippen molar-refractivity contribution in [3.05, 3.63) is 24.0 Å². The van der Waals surface area contributed by atoms with E-state index < -0.39 is 0 Å². The van der Waals surface area contributed by atoms with Crippen molar-refractivity contribution in [3.63, 3.8) is 0 Å². The number of nitrogens with two attached hydrogens (primary N) is 1. The molecule has 15 heavy (non-hydrogen) atoms. The molecule has 1 aromatic heterocycles. The number of hydrogen-bond acceptors (Lipinski definition) is 3. The number of anilines is 1. The van der Waals surface area contributed by atoms with Crippen LogP contribution in [0.2, 0.25) is 0 Å². The molecule has 0 aromatic carbocycles. The van der Waals surface area contributed by atoms with Gasteiger partial charge in [0.2, 0.25) is 0 Å². The van der Waals surface area contributed by atoms with Crippen molar-refractivity contribution in [1.82, 2.24) is 4.98 Å². The van der Waals surface area contributed by atoms with Gasteiger partial charge in [-0.25, -0.2) is 0 Å². The van der Waals surface area contributed by atoms with Crippen LogP contribution < -0.4 is 5.73 Å². The Morgan fingerprint density at radius 3 is 2.93 bits per heavy atom. The second kappa shape index (κ2) is 4.62. The van der Waals surface area contributed by atoms with Gasteiger partial charge in [0.1, 0.15) is 0 Å². The molecule has 1 saturated carbocycles. The maximum atomic E-state index is 9.75. The Bertz CT molecular complexity index is 327. The van der Waals surface area contributed by atoms with Crippen LogP contribution in [0.15, 0.2) is 18.5 Å². The summed E-state index contributed by atoms with van der Waals surface area (Å²) in [5.74, 6) is 0.385. The summed E-state index contributed by atoms with van der Waals surface area (Å²) < 4.78 is 0. The largest absolute Gasteiger partial charge is 0.398 e. The standard InChI is InChI=1S/C12H18N2O/c13-12-5-6-14-8-11(12)9-3-1-2-4-10(15)7-9/h5-6,8-10,15H,1-4,7H2,(H2,13,14). The van der Waals surface area contributed by atoms with E-state index in [9.17, 15) is 5.11 Å². The summed E-state index contributed by atoms with van der Waals surface area (Å²) in [4.78, 5) is 4.11. The molecule has 1 fully saturated rings. The lowest BCUT2D eigenvalue weighted by molar-refractivity contribution is 0.152. The number of aliphatic hydroxyl groups is 1. The van der Waals surface area contributed by atoms with Gasteiger partial charge in [0.15, 0.2) is 0 Å². The molecule has 2 atom stereocenters. The van der Waals surface area contributed by atoms with Gasteiger partial charge in [-0.15, -0.1) is 0 Å². The quantitative estimate of drug-likeness (QED) is 0.691. The van der Waals surface area contributed by atoms with Crippen molar-refractivity contribution in [3.8, 4) is 0 Å². The lowest BCUT2D eigenvalue weighted by Gasteiger charge is -2.17. The van der Waals surface area contributed by atoms with Crippen LogP contribution in [0.25, 0.3) is 0 Å².